The summed E-state index contributed by atoms with van der Waals surface area (Å²) < 4.78 is 0. The van der Waals surface area contributed by atoms with Gasteiger partial charge in [0.05, 0.1) is 5.02 Å². The Bertz CT molecular complexity index is 341. The average Bonchev–Trinajstić information content (AvgIpc) is 2.42. The standard InChI is InChI=1S/C16H27ClN2/c1-2-3-4-5-6-7-8-9-10-16(18)14-11-12-19-13-15(14)17/h11-13,16H,2-10,18H2,1H3. The third kappa shape index (κ3) is 6.93. The van der Waals surface area contributed by atoms with Crippen molar-refractivity contribution in [3.8, 4) is 0 Å². The molecule has 2 nitrogen and oxygen atoms in total. The lowest BCUT2D eigenvalue weighted by Crippen LogP contribution is -2.10. The molecule has 0 amide bonds. The molecular formula is C16H27ClN2. The molecule has 0 aromatic carbocycles. The van der Waals surface area contributed by atoms with Crippen molar-refractivity contribution in [3.05, 3.63) is 29.0 Å². The maximum absolute atomic E-state index is 6.16. The molecule has 3 heteroatoms. The van der Waals surface area contributed by atoms with Crippen molar-refractivity contribution in [1.29, 1.82) is 0 Å². The van der Waals surface area contributed by atoms with Crippen molar-refractivity contribution in [1.82, 2.24) is 4.98 Å². The second kappa shape index (κ2) is 10.2. The van der Waals surface area contributed by atoms with E-state index in [-0.39, 0.29) is 6.04 Å². The Hall–Kier alpha value is -0.600. The lowest BCUT2D eigenvalue weighted by Gasteiger charge is -2.13. The molecule has 0 saturated heterocycles. The largest absolute Gasteiger partial charge is 0.324 e. The van der Waals surface area contributed by atoms with E-state index in [0.717, 1.165) is 12.0 Å². The van der Waals surface area contributed by atoms with Gasteiger partial charge < -0.3 is 5.73 Å². The molecule has 0 fully saturated rings. The highest BCUT2D eigenvalue weighted by Crippen LogP contribution is 2.24. The van der Waals surface area contributed by atoms with Crippen molar-refractivity contribution in [2.45, 2.75) is 70.8 Å². The molecule has 0 saturated carbocycles. The summed E-state index contributed by atoms with van der Waals surface area (Å²) in [6.07, 6.45) is 15.1. The van der Waals surface area contributed by atoms with Gasteiger partial charge in [-0.1, -0.05) is 69.9 Å². The molecule has 2 N–H and O–H groups in total. The predicted molar refractivity (Wildman–Crippen MR) is 83.4 cm³/mol. The van der Waals surface area contributed by atoms with Crippen LogP contribution in [0.5, 0.6) is 0 Å². The van der Waals surface area contributed by atoms with E-state index in [4.69, 9.17) is 17.3 Å². The lowest BCUT2D eigenvalue weighted by molar-refractivity contribution is 0.536. The Balaban J connectivity index is 2.08. The van der Waals surface area contributed by atoms with Crippen molar-refractivity contribution in [2.75, 3.05) is 0 Å². The van der Waals surface area contributed by atoms with Crippen LogP contribution in [0.4, 0.5) is 0 Å². The Morgan fingerprint density at radius 3 is 2.37 bits per heavy atom. The molecule has 0 radical (unpaired) electrons. The van der Waals surface area contributed by atoms with E-state index in [2.05, 4.69) is 11.9 Å². The Kier molecular flexibility index (Phi) is 8.85. The topological polar surface area (TPSA) is 38.9 Å². The van der Waals surface area contributed by atoms with E-state index in [0.29, 0.717) is 5.02 Å². The molecule has 0 aliphatic carbocycles. The number of aromatic nitrogens is 1. The van der Waals surface area contributed by atoms with Crippen LogP contribution in [-0.2, 0) is 0 Å². The first-order valence-electron chi connectivity index (χ1n) is 7.60. The highest BCUT2D eigenvalue weighted by molar-refractivity contribution is 6.31. The first-order valence-corrected chi connectivity index (χ1v) is 7.98. The summed E-state index contributed by atoms with van der Waals surface area (Å²) >= 11 is 6.09. The first-order chi connectivity index (χ1) is 9.25. The van der Waals surface area contributed by atoms with Crippen LogP contribution in [0.15, 0.2) is 18.5 Å². The number of pyridine rings is 1. The van der Waals surface area contributed by atoms with Crippen molar-refractivity contribution < 1.29 is 0 Å². The molecule has 1 unspecified atom stereocenters. The van der Waals surface area contributed by atoms with E-state index in [1.807, 2.05) is 6.07 Å². The molecule has 1 aromatic heterocycles. The number of nitrogens with zero attached hydrogens (tertiary/aromatic N) is 1. The second-order valence-corrected chi connectivity index (χ2v) is 5.67. The third-order valence-electron chi connectivity index (χ3n) is 3.57. The van der Waals surface area contributed by atoms with Gasteiger partial charge in [-0.3, -0.25) is 4.98 Å². The van der Waals surface area contributed by atoms with E-state index in [1.54, 1.807) is 12.4 Å². The predicted octanol–water partition coefficient (Wildman–Crippen LogP) is 5.27. The fourth-order valence-corrected chi connectivity index (χ4v) is 2.60. The second-order valence-electron chi connectivity index (χ2n) is 5.27. The number of unbranched alkanes of at least 4 members (excludes halogenated alkanes) is 7. The van der Waals surface area contributed by atoms with Gasteiger partial charge in [-0.25, -0.2) is 0 Å². The number of rotatable bonds is 10. The summed E-state index contributed by atoms with van der Waals surface area (Å²) in [5.74, 6) is 0. The monoisotopic (exact) mass is 282 g/mol. The Morgan fingerprint density at radius 1 is 1.11 bits per heavy atom. The molecule has 0 spiro atoms. The van der Waals surface area contributed by atoms with Crippen LogP contribution in [0.2, 0.25) is 5.02 Å². The molecule has 1 atom stereocenters. The average molecular weight is 283 g/mol. The zero-order valence-electron chi connectivity index (χ0n) is 12.1. The zero-order valence-corrected chi connectivity index (χ0v) is 12.8. The van der Waals surface area contributed by atoms with Crippen LogP contribution in [0.3, 0.4) is 0 Å². The van der Waals surface area contributed by atoms with Crippen molar-refractivity contribution >= 4 is 11.6 Å². The van der Waals surface area contributed by atoms with Crippen LogP contribution >= 0.6 is 11.6 Å². The fourth-order valence-electron chi connectivity index (χ4n) is 2.34. The van der Waals surface area contributed by atoms with E-state index in [9.17, 15) is 0 Å². The molecule has 108 valence electrons. The van der Waals surface area contributed by atoms with Gasteiger partial charge in [0.15, 0.2) is 0 Å². The van der Waals surface area contributed by atoms with Gasteiger partial charge in [-0.05, 0) is 18.1 Å². The van der Waals surface area contributed by atoms with Crippen LogP contribution in [0.25, 0.3) is 0 Å². The molecular weight excluding hydrogens is 256 g/mol. The van der Waals surface area contributed by atoms with Gasteiger partial charge in [-0.15, -0.1) is 0 Å². The molecule has 1 rings (SSSR count). The number of hydrogen-bond donors (Lipinski definition) is 1. The van der Waals surface area contributed by atoms with Crippen molar-refractivity contribution in [3.63, 3.8) is 0 Å². The Morgan fingerprint density at radius 2 is 1.74 bits per heavy atom. The summed E-state index contributed by atoms with van der Waals surface area (Å²) in [6, 6.07) is 1.98. The minimum Gasteiger partial charge on any atom is -0.324 e. The fraction of sp³-hybridized carbons (Fsp3) is 0.688. The summed E-state index contributed by atoms with van der Waals surface area (Å²) in [4.78, 5) is 3.99. The summed E-state index contributed by atoms with van der Waals surface area (Å²) in [5, 5.41) is 0.689. The van der Waals surface area contributed by atoms with Gasteiger partial charge in [0.1, 0.15) is 0 Å². The molecule has 0 aliphatic rings. The molecule has 0 aliphatic heterocycles. The Labute approximate surface area is 122 Å². The third-order valence-corrected chi connectivity index (χ3v) is 3.89. The molecule has 0 bridgehead atoms. The van der Waals surface area contributed by atoms with Gasteiger partial charge >= 0.3 is 0 Å². The van der Waals surface area contributed by atoms with Crippen LogP contribution in [0, 0.1) is 0 Å². The van der Waals surface area contributed by atoms with E-state index >= 15 is 0 Å². The molecule has 1 heterocycles. The minimum absolute atomic E-state index is 0.0515. The van der Waals surface area contributed by atoms with Crippen LogP contribution in [-0.4, -0.2) is 4.98 Å². The smallest absolute Gasteiger partial charge is 0.0637 e. The maximum atomic E-state index is 6.16. The zero-order chi connectivity index (χ0) is 13.9. The van der Waals surface area contributed by atoms with Gasteiger partial charge in [0.25, 0.3) is 0 Å². The van der Waals surface area contributed by atoms with Gasteiger partial charge in [0.2, 0.25) is 0 Å². The van der Waals surface area contributed by atoms with E-state index in [1.165, 1.54) is 51.4 Å². The van der Waals surface area contributed by atoms with Crippen molar-refractivity contribution in [2.24, 2.45) is 5.73 Å². The SMILES string of the molecule is CCCCCCCCCCC(N)c1ccncc1Cl. The van der Waals surface area contributed by atoms with Crippen LogP contribution in [0.1, 0.15) is 76.3 Å². The lowest BCUT2D eigenvalue weighted by atomic mass is 10.0. The van der Waals surface area contributed by atoms with E-state index < -0.39 is 0 Å². The van der Waals surface area contributed by atoms with Gasteiger partial charge in [0, 0.05) is 18.4 Å². The van der Waals surface area contributed by atoms with Crippen LogP contribution < -0.4 is 5.73 Å². The number of nitrogens with two attached hydrogens (primary N) is 1. The number of hydrogen-bond acceptors (Lipinski definition) is 2. The summed E-state index contributed by atoms with van der Waals surface area (Å²) in [7, 11) is 0. The maximum Gasteiger partial charge on any atom is 0.0637 e. The van der Waals surface area contributed by atoms with Gasteiger partial charge in [-0.2, -0.15) is 0 Å². The quantitative estimate of drug-likeness (QED) is 0.594. The normalized spacial score (nSPS) is 12.6. The highest BCUT2D eigenvalue weighted by atomic mass is 35.5. The first kappa shape index (κ1) is 16.5. The summed E-state index contributed by atoms with van der Waals surface area (Å²) in [5.41, 5.74) is 7.19. The number of halogens is 1. The highest BCUT2D eigenvalue weighted by Gasteiger charge is 2.09. The minimum atomic E-state index is 0.0515. The molecule has 19 heavy (non-hydrogen) atoms. The summed E-state index contributed by atoms with van der Waals surface area (Å²) in [6.45, 7) is 2.26. The molecule has 1 aromatic rings.